The number of carbonyl (C=O) groups excluding carboxylic acids is 1. The second-order valence-electron chi connectivity index (χ2n) is 5.05. The first-order valence-corrected chi connectivity index (χ1v) is 6.93. The Morgan fingerprint density at radius 3 is 2.44 bits per heavy atom. The summed E-state index contributed by atoms with van der Waals surface area (Å²) in [5, 5.41) is 0.405. The summed E-state index contributed by atoms with van der Waals surface area (Å²) in [6.07, 6.45) is -3.09. The molecule has 2 heterocycles. The molecule has 128 valence electrons. The first-order chi connectivity index (χ1) is 11.8. The van der Waals surface area contributed by atoms with Crippen LogP contribution in [0.25, 0.3) is 11.0 Å². The van der Waals surface area contributed by atoms with Crippen molar-refractivity contribution in [1.29, 1.82) is 0 Å². The van der Waals surface area contributed by atoms with E-state index in [4.69, 9.17) is 10.6 Å². The summed E-state index contributed by atoms with van der Waals surface area (Å²) in [5.74, 6) is -0.996. The van der Waals surface area contributed by atoms with Gasteiger partial charge in [0.1, 0.15) is 5.56 Å². The minimum Gasteiger partial charge on any atom is -0.370 e. The van der Waals surface area contributed by atoms with Crippen molar-refractivity contribution in [3.8, 4) is 5.75 Å². The zero-order valence-corrected chi connectivity index (χ0v) is 12.4. The van der Waals surface area contributed by atoms with Gasteiger partial charge in [-0.15, -0.1) is 4.73 Å². The number of halogens is 3. The molecule has 9 heteroatoms. The van der Waals surface area contributed by atoms with Crippen LogP contribution in [-0.2, 0) is 6.18 Å². The van der Waals surface area contributed by atoms with E-state index in [1.54, 1.807) is 12.1 Å². The maximum Gasteiger partial charge on any atom is 0.416 e. The highest BCUT2D eigenvalue weighted by molar-refractivity contribution is 5.95. The van der Waals surface area contributed by atoms with E-state index < -0.39 is 23.2 Å². The molecule has 6 nitrogen and oxygen atoms in total. The van der Waals surface area contributed by atoms with E-state index in [0.717, 1.165) is 29.0 Å². The second-order valence-corrected chi connectivity index (χ2v) is 5.05. The Bertz CT molecular complexity index is 1010. The molecule has 0 atom stereocenters. The quantitative estimate of drug-likeness (QED) is 0.786. The number of benzene rings is 1. The number of nitrogens with two attached hydrogens (primary N) is 1. The minimum atomic E-state index is -4.49. The molecule has 0 aliphatic rings. The smallest absolute Gasteiger partial charge is 0.370 e. The van der Waals surface area contributed by atoms with Crippen LogP contribution in [0.3, 0.4) is 0 Å². The van der Waals surface area contributed by atoms with E-state index in [1.807, 2.05) is 0 Å². The van der Waals surface area contributed by atoms with E-state index in [1.165, 1.54) is 12.3 Å². The highest BCUT2D eigenvalue weighted by Gasteiger charge is 2.30. The molecule has 3 rings (SSSR count). The van der Waals surface area contributed by atoms with Gasteiger partial charge in [0.2, 0.25) is 0 Å². The molecule has 2 aromatic heterocycles. The number of carbonyl (C=O) groups is 1. The predicted molar refractivity (Wildman–Crippen MR) is 82.0 cm³/mol. The maximum absolute atomic E-state index is 12.6. The summed E-state index contributed by atoms with van der Waals surface area (Å²) in [7, 11) is 0. The van der Waals surface area contributed by atoms with Gasteiger partial charge >= 0.3 is 6.18 Å². The average molecular weight is 349 g/mol. The molecule has 0 bridgehead atoms. The summed E-state index contributed by atoms with van der Waals surface area (Å²) >= 11 is 0. The van der Waals surface area contributed by atoms with Crippen LogP contribution in [0.1, 0.15) is 15.9 Å². The molecule has 0 saturated heterocycles. The molecular weight excluding hydrogens is 339 g/mol. The van der Waals surface area contributed by atoms with Crippen LogP contribution in [0, 0.1) is 0 Å². The van der Waals surface area contributed by atoms with Crippen LogP contribution < -0.4 is 16.1 Å². The second kappa shape index (κ2) is 5.93. The third-order valence-electron chi connectivity index (χ3n) is 3.37. The molecular formula is C16H10F3N3O3. The number of primary amides is 1. The van der Waals surface area contributed by atoms with Crippen LogP contribution in [0.15, 0.2) is 53.5 Å². The summed E-state index contributed by atoms with van der Waals surface area (Å²) in [4.78, 5) is 33.2. The fourth-order valence-electron chi connectivity index (χ4n) is 2.19. The van der Waals surface area contributed by atoms with Crippen molar-refractivity contribution >= 4 is 16.9 Å². The topological polar surface area (TPSA) is 87.2 Å². The van der Waals surface area contributed by atoms with Crippen molar-refractivity contribution in [2.75, 3.05) is 0 Å². The molecule has 0 aliphatic heterocycles. The zero-order valence-electron chi connectivity index (χ0n) is 12.4. The van der Waals surface area contributed by atoms with Gasteiger partial charge in [0.25, 0.3) is 11.5 Å². The molecule has 0 saturated carbocycles. The number of amides is 1. The predicted octanol–water partition coefficient (Wildman–Crippen LogP) is 2.36. The molecule has 0 spiro atoms. The number of rotatable bonds is 3. The minimum absolute atomic E-state index is 0.0383. The van der Waals surface area contributed by atoms with E-state index in [0.29, 0.717) is 5.39 Å². The molecule has 1 amide bonds. The van der Waals surface area contributed by atoms with Crippen LogP contribution in [-0.4, -0.2) is 15.6 Å². The normalized spacial score (nSPS) is 11.5. The Morgan fingerprint density at radius 2 is 1.84 bits per heavy atom. The van der Waals surface area contributed by atoms with Gasteiger partial charge < -0.3 is 10.6 Å². The third kappa shape index (κ3) is 3.16. The van der Waals surface area contributed by atoms with Gasteiger partial charge in [-0.3, -0.25) is 9.59 Å². The lowest BCUT2D eigenvalue weighted by molar-refractivity contribution is -0.137. The first kappa shape index (κ1) is 16.5. The van der Waals surface area contributed by atoms with Crippen LogP contribution in [0.4, 0.5) is 13.2 Å². The number of hydrogen-bond donors (Lipinski definition) is 1. The maximum atomic E-state index is 12.6. The van der Waals surface area contributed by atoms with Crippen molar-refractivity contribution in [2.24, 2.45) is 5.73 Å². The molecule has 0 unspecified atom stereocenters. The SMILES string of the molecule is NC(=O)c1cc2cccnc2n(Oc2ccc(C(F)(F)F)cc2)c1=O. The van der Waals surface area contributed by atoms with Gasteiger partial charge in [0.15, 0.2) is 11.4 Å². The number of fused-ring (bicyclic) bond motifs is 1. The number of pyridine rings is 2. The van der Waals surface area contributed by atoms with Crippen LogP contribution in [0.5, 0.6) is 5.75 Å². The fourth-order valence-corrected chi connectivity index (χ4v) is 2.19. The molecule has 0 fully saturated rings. The van der Waals surface area contributed by atoms with E-state index in [-0.39, 0.29) is 17.0 Å². The third-order valence-corrected chi connectivity index (χ3v) is 3.37. The Morgan fingerprint density at radius 1 is 1.16 bits per heavy atom. The van der Waals surface area contributed by atoms with Crippen molar-refractivity contribution in [2.45, 2.75) is 6.18 Å². The lowest BCUT2D eigenvalue weighted by atomic mass is 10.2. The Kier molecular flexibility index (Phi) is 3.91. The average Bonchev–Trinajstić information content (AvgIpc) is 2.56. The molecule has 0 radical (unpaired) electrons. The Hall–Kier alpha value is -3.36. The standard InChI is InChI=1S/C16H10F3N3O3/c17-16(18,19)10-3-5-11(6-4-10)25-22-14-9(2-1-7-21-14)8-12(13(20)23)15(22)24/h1-8H,(H2,20,23). The molecule has 0 aliphatic carbocycles. The van der Waals surface area contributed by atoms with Crippen molar-refractivity contribution in [3.63, 3.8) is 0 Å². The summed E-state index contributed by atoms with van der Waals surface area (Å²) in [6.45, 7) is 0. The van der Waals surface area contributed by atoms with Gasteiger partial charge in [-0.1, -0.05) is 0 Å². The molecule has 3 aromatic rings. The largest absolute Gasteiger partial charge is 0.416 e. The van der Waals surface area contributed by atoms with Crippen molar-refractivity contribution in [1.82, 2.24) is 9.71 Å². The Labute approximate surface area is 138 Å². The highest BCUT2D eigenvalue weighted by Crippen LogP contribution is 2.30. The van der Waals surface area contributed by atoms with Crippen LogP contribution >= 0.6 is 0 Å². The van der Waals surface area contributed by atoms with E-state index in [9.17, 15) is 22.8 Å². The van der Waals surface area contributed by atoms with Crippen molar-refractivity contribution in [3.05, 3.63) is 70.1 Å². The summed E-state index contributed by atoms with van der Waals surface area (Å²) < 4.78 is 38.5. The van der Waals surface area contributed by atoms with Crippen LogP contribution in [0.2, 0.25) is 0 Å². The molecule has 25 heavy (non-hydrogen) atoms. The lowest BCUT2D eigenvalue weighted by Crippen LogP contribution is -2.32. The number of aromatic nitrogens is 2. The monoisotopic (exact) mass is 349 g/mol. The Balaban J connectivity index is 2.11. The molecule has 2 N–H and O–H groups in total. The van der Waals surface area contributed by atoms with E-state index in [2.05, 4.69) is 4.98 Å². The van der Waals surface area contributed by atoms with Gasteiger partial charge in [0, 0.05) is 11.6 Å². The number of alkyl halides is 3. The number of nitrogens with zero attached hydrogens (tertiary/aromatic N) is 2. The summed E-state index contributed by atoms with van der Waals surface area (Å²) in [5.41, 5.74) is 3.23. The van der Waals surface area contributed by atoms with Gasteiger partial charge in [-0.05, 0) is 42.5 Å². The fraction of sp³-hybridized carbons (Fsp3) is 0.0625. The first-order valence-electron chi connectivity index (χ1n) is 6.93. The molecule has 1 aromatic carbocycles. The highest BCUT2D eigenvalue weighted by atomic mass is 19.4. The summed E-state index contributed by atoms with van der Waals surface area (Å²) in [6, 6.07) is 8.18. The van der Waals surface area contributed by atoms with E-state index >= 15 is 0 Å². The van der Waals surface area contributed by atoms with Gasteiger partial charge in [-0.2, -0.15) is 13.2 Å². The van der Waals surface area contributed by atoms with Crippen molar-refractivity contribution < 1.29 is 22.8 Å². The zero-order chi connectivity index (χ0) is 18.2. The van der Waals surface area contributed by atoms with Gasteiger partial charge in [-0.25, -0.2) is 4.98 Å². The lowest BCUT2D eigenvalue weighted by Gasteiger charge is -2.12. The van der Waals surface area contributed by atoms with Gasteiger partial charge in [0.05, 0.1) is 5.56 Å². The number of hydrogen-bond acceptors (Lipinski definition) is 4.